The molecular formula is C11H16N2O2. The summed E-state index contributed by atoms with van der Waals surface area (Å²) in [5, 5.41) is 3.12. The summed E-state index contributed by atoms with van der Waals surface area (Å²) in [6, 6.07) is 3.42. The molecule has 1 heterocycles. The van der Waals surface area contributed by atoms with Crippen molar-refractivity contribution in [1.82, 2.24) is 4.98 Å². The highest BCUT2D eigenvalue weighted by molar-refractivity contribution is 5.94. The number of nitrogens with zero attached hydrogens (tertiary/aromatic N) is 1. The topological polar surface area (TPSA) is 51.2 Å². The Hall–Kier alpha value is -1.58. The van der Waals surface area contributed by atoms with Gasteiger partial charge in [-0.05, 0) is 18.6 Å². The number of anilines is 1. The van der Waals surface area contributed by atoms with Gasteiger partial charge >= 0.3 is 5.97 Å². The second-order valence-corrected chi connectivity index (χ2v) is 3.17. The number of nitrogens with one attached hydrogen (secondary N) is 1. The predicted octanol–water partition coefficient (Wildman–Crippen LogP) is 2.08. The van der Waals surface area contributed by atoms with Gasteiger partial charge in [0.1, 0.15) is 11.4 Å². The first-order valence-electron chi connectivity index (χ1n) is 5.06. The molecule has 0 saturated heterocycles. The van der Waals surface area contributed by atoms with E-state index in [2.05, 4.69) is 22.0 Å². The van der Waals surface area contributed by atoms with Crippen molar-refractivity contribution in [2.75, 3.05) is 19.0 Å². The molecule has 0 aliphatic carbocycles. The molecule has 1 aromatic heterocycles. The number of aromatic nitrogens is 1. The molecule has 0 amide bonds. The van der Waals surface area contributed by atoms with Crippen LogP contribution in [0.2, 0.25) is 0 Å². The van der Waals surface area contributed by atoms with Crippen molar-refractivity contribution in [3.63, 3.8) is 0 Å². The summed E-state index contributed by atoms with van der Waals surface area (Å²) in [7, 11) is 1.37. The van der Waals surface area contributed by atoms with Gasteiger partial charge in [-0.2, -0.15) is 0 Å². The van der Waals surface area contributed by atoms with Crippen LogP contribution in [0.4, 0.5) is 5.82 Å². The third kappa shape index (κ3) is 3.23. The molecule has 0 aromatic carbocycles. The molecule has 1 aromatic rings. The summed E-state index contributed by atoms with van der Waals surface area (Å²) in [5.41, 5.74) is 0.483. The van der Waals surface area contributed by atoms with E-state index in [0.717, 1.165) is 19.4 Å². The summed E-state index contributed by atoms with van der Waals surface area (Å²) in [6.45, 7) is 2.93. The van der Waals surface area contributed by atoms with Gasteiger partial charge in [-0.25, -0.2) is 9.78 Å². The standard InChI is InChI=1S/C11H16N2O2/c1-3-4-7-12-10-9(11(14)15-2)6-5-8-13-10/h5-6,8H,3-4,7H2,1-2H3,(H,12,13). The highest BCUT2D eigenvalue weighted by Crippen LogP contribution is 2.12. The van der Waals surface area contributed by atoms with E-state index in [1.165, 1.54) is 7.11 Å². The third-order valence-corrected chi connectivity index (χ3v) is 2.04. The molecule has 0 atom stereocenters. The van der Waals surface area contributed by atoms with Gasteiger partial charge in [0, 0.05) is 12.7 Å². The normalized spacial score (nSPS) is 9.73. The number of ether oxygens (including phenoxy) is 1. The summed E-state index contributed by atoms with van der Waals surface area (Å²) in [4.78, 5) is 15.5. The lowest BCUT2D eigenvalue weighted by molar-refractivity contribution is 0.0601. The average Bonchev–Trinajstić information content (AvgIpc) is 2.29. The molecular weight excluding hydrogens is 192 g/mol. The van der Waals surface area contributed by atoms with Crippen LogP contribution in [0.3, 0.4) is 0 Å². The van der Waals surface area contributed by atoms with Crippen molar-refractivity contribution in [3.8, 4) is 0 Å². The van der Waals surface area contributed by atoms with Crippen molar-refractivity contribution < 1.29 is 9.53 Å². The summed E-state index contributed by atoms with van der Waals surface area (Å²) >= 11 is 0. The van der Waals surface area contributed by atoms with Crippen molar-refractivity contribution in [1.29, 1.82) is 0 Å². The molecule has 0 spiro atoms. The minimum absolute atomic E-state index is 0.359. The largest absolute Gasteiger partial charge is 0.465 e. The Labute approximate surface area is 89.7 Å². The fraction of sp³-hybridized carbons (Fsp3) is 0.455. The highest BCUT2D eigenvalue weighted by Gasteiger charge is 2.11. The number of carbonyl (C=O) groups is 1. The van der Waals surface area contributed by atoms with E-state index in [4.69, 9.17) is 0 Å². The molecule has 4 nitrogen and oxygen atoms in total. The number of hydrogen-bond acceptors (Lipinski definition) is 4. The predicted molar refractivity (Wildman–Crippen MR) is 59.0 cm³/mol. The molecule has 0 unspecified atom stereocenters. The van der Waals surface area contributed by atoms with Gasteiger partial charge in [-0.15, -0.1) is 0 Å². The fourth-order valence-corrected chi connectivity index (χ4v) is 1.20. The smallest absolute Gasteiger partial charge is 0.341 e. The molecule has 0 fully saturated rings. The minimum Gasteiger partial charge on any atom is -0.465 e. The summed E-state index contributed by atoms with van der Waals surface area (Å²) in [6.07, 6.45) is 3.81. The molecule has 1 N–H and O–H groups in total. The second-order valence-electron chi connectivity index (χ2n) is 3.17. The Balaban J connectivity index is 2.73. The molecule has 1 rings (SSSR count). The average molecular weight is 208 g/mol. The van der Waals surface area contributed by atoms with E-state index in [1.807, 2.05) is 0 Å². The Morgan fingerprint density at radius 2 is 2.40 bits per heavy atom. The van der Waals surface area contributed by atoms with Crippen LogP contribution >= 0.6 is 0 Å². The van der Waals surface area contributed by atoms with Crippen LogP contribution in [0.5, 0.6) is 0 Å². The zero-order chi connectivity index (χ0) is 11.1. The number of unbranched alkanes of at least 4 members (excludes halogenated alkanes) is 1. The molecule has 4 heteroatoms. The maximum absolute atomic E-state index is 11.4. The van der Waals surface area contributed by atoms with Gasteiger partial charge in [0.25, 0.3) is 0 Å². The van der Waals surface area contributed by atoms with Gasteiger partial charge in [0.05, 0.1) is 7.11 Å². The first-order chi connectivity index (χ1) is 7.29. The Kier molecular flexibility index (Phi) is 4.60. The molecule has 0 aliphatic heterocycles. The monoisotopic (exact) mass is 208 g/mol. The van der Waals surface area contributed by atoms with Gasteiger partial charge in [0.15, 0.2) is 0 Å². The van der Waals surface area contributed by atoms with Crippen LogP contribution in [-0.2, 0) is 4.74 Å². The summed E-state index contributed by atoms with van der Waals surface area (Å²) < 4.78 is 4.66. The number of rotatable bonds is 5. The van der Waals surface area contributed by atoms with Crippen LogP contribution < -0.4 is 5.32 Å². The molecule has 0 bridgehead atoms. The number of hydrogen-bond donors (Lipinski definition) is 1. The Morgan fingerprint density at radius 3 is 3.07 bits per heavy atom. The van der Waals surface area contributed by atoms with E-state index in [0.29, 0.717) is 11.4 Å². The molecule has 82 valence electrons. The van der Waals surface area contributed by atoms with Crippen molar-refractivity contribution >= 4 is 11.8 Å². The van der Waals surface area contributed by atoms with Crippen molar-refractivity contribution in [2.45, 2.75) is 19.8 Å². The second kappa shape index (κ2) is 6.01. The maximum atomic E-state index is 11.4. The number of carbonyl (C=O) groups excluding carboxylic acids is 1. The zero-order valence-electron chi connectivity index (χ0n) is 9.12. The minimum atomic E-state index is -0.359. The van der Waals surface area contributed by atoms with E-state index in [1.54, 1.807) is 18.3 Å². The lowest BCUT2D eigenvalue weighted by Crippen LogP contribution is -2.10. The maximum Gasteiger partial charge on any atom is 0.341 e. The van der Waals surface area contributed by atoms with E-state index in [-0.39, 0.29) is 5.97 Å². The lowest BCUT2D eigenvalue weighted by Gasteiger charge is -2.08. The van der Waals surface area contributed by atoms with Crippen molar-refractivity contribution in [3.05, 3.63) is 23.9 Å². The number of pyridine rings is 1. The van der Waals surface area contributed by atoms with Gasteiger partial charge in [0.2, 0.25) is 0 Å². The zero-order valence-corrected chi connectivity index (χ0v) is 9.12. The van der Waals surface area contributed by atoms with E-state index < -0.39 is 0 Å². The molecule has 0 aliphatic rings. The Bertz CT molecular complexity index is 326. The molecule has 15 heavy (non-hydrogen) atoms. The van der Waals surface area contributed by atoms with Crippen LogP contribution in [0.25, 0.3) is 0 Å². The summed E-state index contributed by atoms with van der Waals surface area (Å²) in [5.74, 6) is 0.236. The van der Waals surface area contributed by atoms with Gasteiger partial charge in [-0.1, -0.05) is 13.3 Å². The number of esters is 1. The molecule has 0 saturated carbocycles. The lowest BCUT2D eigenvalue weighted by atomic mass is 10.2. The number of methoxy groups -OCH3 is 1. The molecule has 0 radical (unpaired) electrons. The van der Waals surface area contributed by atoms with Gasteiger partial charge in [-0.3, -0.25) is 0 Å². The fourth-order valence-electron chi connectivity index (χ4n) is 1.20. The van der Waals surface area contributed by atoms with Gasteiger partial charge < -0.3 is 10.1 Å². The first kappa shape index (κ1) is 11.5. The highest BCUT2D eigenvalue weighted by atomic mass is 16.5. The van der Waals surface area contributed by atoms with E-state index in [9.17, 15) is 4.79 Å². The third-order valence-electron chi connectivity index (χ3n) is 2.04. The van der Waals surface area contributed by atoms with E-state index >= 15 is 0 Å². The van der Waals surface area contributed by atoms with Crippen LogP contribution in [0.1, 0.15) is 30.1 Å². The van der Waals surface area contributed by atoms with Crippen LogP contribution in [0.15, 0.2) is 18.3 Å². The van der Waals surface area contributed by atoms with Crippen molar-refractivity contribution in [2.24, 2.45) is 0 Å². The quantitative estimate of drug-likeness (QED) is 0.594. The SMILES string of the molecule is CCCCNc1ncccc1C(=O)OC. The first-order valence-corrected chi connectivity index (χ1v) is 5.06. The van der Waals surface area contributed by atoms with Crippen LogP contribution in [0, 0.1) is 0 Å². The Morgan fingerprint density at radius 1 is 1.60 bits per heavy atom. The van der Waals surface area contributed by atoms with Crippen LogP contribution in [-0.4, -0.2) is 24.6 Å².